The molecular formula is C18H31N3O. The van der Waals surface area contributed by atoms with E-state index in [4.69, 9.17) is 0 Å². The van der Waals surface area contributed by atoms with E-state index in [-0.39, 0.29) is 5.56 Å². The maximum atomic E-state index is 12.8. The van der Waals surface area contributed by atoms with Crippen LogP contribution in [0.4, 0.5) is 0 Å². The summed E-state index contributed by atoms with van der Waals surface area (Å²) in [5.41, 5.74) is 3.76. The normalized spacial score (nSPS) is 15.3. The Morgan fingerprint density at radius 2 is 2.09 bits per heavy atom. The third-order valence-electron chi connectivity index (χ3n) is 4.57. The highest BCUT2D eigenvalue weighted by atomic mass is 16.1. The molecule has 124 valence electrons. The smallest absolute Gasteiger partial charge is 0.255 e. The molecule has 4 nitrogen and oxygen atoms in total. The van der Waals surface area contributed by atoms with Crippen LogP contribution in [0.25, 0.3) is 0 Å². The quantitative estimate of drug-likeness (QED) is 0.840. The Bertz CT molecular complexity index is 548. The summed E-state index contributed by atoms with van der Waals surface area (Å²) in [7, 11) is 0. The fourth-order valence-corrected chi connectivity index (χ4v) is 3.12. The third-order valence-corrected chi connectivity index (χ3v) is 4.57. The predicted molar refractivity (Wildman–Crippen MR) is 92.2 cm³/mol. The number of likely N-dealkylation sites (N-methyl/N-ethyl adjacent to an activating group) is 1. The second-order valence-electron chi connectivity index (χ2n) is 6.68. The van der Waals surface area contributed by atoms with Crippen LogP contribution in [0.5, 0.6) is 0 Å². The van der Waals surface area contributed by atoms with Crippen molar-refractivity contribution in [1.29, 1.82) is 0 Å². The maximum absolute atomic E-state index is 12.8. The first kappa shape index (κ1) is 17.2. The van der Waals surface area contributed by atoms with Gasteiger partial charge in [0.15, 0.2) is 0 Å². The van der Waals surface area contributed by atoms with Crippen molar-refractivity contribution < 1.29 is 0 Å². The summed E-state index contributed by atoms with van der Waals surface area (Å²) >= 11 is 0. The van der Waals surface area contributed by atoms with Crippen LogP contribution in [-0.4, -0.2) is 29.1 Å². The van der Waals surface area contributed by atoms with E-state index in [0.717, 1.165) is 51.1 Å². The summed E-state index contributed by atoms with van der Waals surface area (Å²) < 4.78 is 2.06. The minimum atomic E-state index is 0.213. The van der Waals surface area contributed by atoms with Gasteiger partial charge in [-0.1, -0.05) is 27.7 Å². The summed E-state index contributed by atoms with van der Waals surface area (Å²) in [6.45, 7) is 14.3. The van der Waals surface area contributed by atoms with E-state index in [2.05, 4.69) is 48.5 Å². The highest BCUT2D eigenvalue weighted by Crippen LogP contribution is 2.19. The second kappa shape index (κ2) is 7.93. The number of nitrogens with zero attached hydrogens (tertiary/aromatic N) is 2. The molecule has 0 unspecified atom stereocenters. The van der Waals surface area contributed by atoms with Gasteiger partial charge in [0.25, 0.3) is 5.56 Å². The van der Waals surface area contributed by atoms with E-state index in [1.165, 1.54) is 11.3 Å². The second-order valence-corrected chi connectivity index (χ2v) is 6.68. The van der Waals surface area contributed by atoms with Gasteiger partial charge in [0, 0.05) is 43.9 Å². The number of rotatable bonds is 7. The van der Waals surface area contributed by atoms with Crippen LogP contribution >= 0.6 is 0 Å². The van der Waals surface area contributed by atoms with Crippen molar-refractivity contribution in [2.75, 3.05) is 19.6 Å². The summed E-state index contributed by atoms with van der Waals surface area (Å²) in [6, 6.07) is 2.15. The van der Waals surface area contributed by atoms with Gasteiger partial charge in [-0.25, -0.2) is 0 Å². The van der Waals surface area contributed by atoms with Crippen molar-refractivity contribution in [3.8, 4) is 0 Å². The molecular weight excluding hydrogens is 274 g/mol. The Morgan fingerprint density at radius 3 is 2.73 bits per heavy atom. The predicted octanol–water partition coefficient (Wildman–Crippen LogP) is 2.38. The number of nitrogens with one attached hydrogen (secondary N) is 1. The number of hydrogen-bond acceptors (Lipinski definition) is 3. The van der Waals surface area contributed by atoms with E-state index >= 15 is 0 Å². The molecule has 1 aliphatic heterocycles. The van der Waals surface area contributed by atoms with Gasteiger partial charge in [0.05, 0.1) is 0 Å². The first-order valence-corrected chi connectivity index (χ1v) is 8.74. The molecule has 1 aromatic heterocycles. The molecule has 0 fully saturated rings. The molecule has 0 amide bonds. The molecule has 0 spiro atoms. The largest absolute Gasteiger partial charge is 0.313 e. The Kier molecular flexibility index (Phi) is 6.21. The van der Waals surface area contributed by atoms with Gasteiger partial charge < -0.3 is 9.88 Å². The Labute approximate surface area is 134 Å². The van der Waals surface area contributed by atoms with Crippen molar-refractivity contribution in [2.24, 2.45) is 5.92 Å². The van der Waals surface area contributed by atoms with Crippen molar-refractivity contribution in [1.82, 2.24) is 14.8 Å². The minimum absolute atomic E-state index is 0.213. The van der Waals surface area contributed by atoms with Crippen LogP contribution in [0.1, 0.15) is 50.9 Å². The molecule has 0 saturated heterocycles. The van der Waals surface area contributed by atoms with E-state index in [1.54, 1.807) is 0 Å². The highest BCUT2D eigenvalue weighted by molar-refractivity contribution is 5.29. The van der Waals surface area contributed by atoms with Crippen molar-refractivity contribution in [2.45, 2.75) is 60.2 Å². The summed E-state index contributed by atoms with van der Waals surface area (Å²) in [6.07, 6.45) is 2.06. The number of pyridine rings is 1. The molecule has 0 atom stereocenters. The van der Waals surface area contributed by atoms with Crippen molar-refractivity contribution >= 4 is 0 Å². The molecule has 22 heavy (non-hydrogen) atoms. The molecule has 0 bridgehead atoms. The Balaban J connectivity index is 2.38. The monoisotopic (exact) mass is 305 g/mol. The van der Waals surface area contributed by atoms with Gasteiger partial charge in [-0.2, -0.15) is 0 Å². The average molecular weight is 305 g/mol. The van der Waals surface area contributed by atoms with Gasteiger partial charge in [-0.15, -0.1) is 0 Å². The molecule has 1 aliphatic rings. The van der Waals surface area contributed by atoms with Crippen LogP contribution in [-0.2, 0) is 26.1 Å². The Morgan fingerprint density at radius 1 is 1.32 bits per heavy atom. The zero-order chi connectivity index (χ0) is 16.1. The molecule has 1 N–H and O–H groups in total. The topological polar surface area (TPSA) is 37.3 Å². The summed E-state index contributed by atoms with van der Waals surface area (Å²) in [5, 5.41) is 3.30. The first-order chi connectivity index (χ1) is 10.6. The van der Waals surface area contributed by atoms with Gasteiger partial charge in [0.2, 0.25) is 0 Å². The molecule has 2 rings (SSSR count). The summed E-state index contributed by atoms with van der Waals surface area (Å²) in [5.74, 6) is 0.621. The standard InChI is InChI=1S/C18H31N3O/c1-5-19-12-15-11-16-13-20(6-2)9-8-17(16)21(18(15)22)10-7-14(3)4/h11,14,19H,5-10,12-13H2,1-4H3. The van der Waals surface area contributed by atoms with E-state index < -0.39 is 0 Å². The molecule has 0 saturated carbocycles. The fraction of sp³-hybridized carbons (Fsp3) is 0.722. The first-order valence-electron chi connectivity index (χ1n) is 8.74. The lowest BCUT2D eigenvalue weighted by Crippen LogP contribution is -2.37. The van der Waals surface area contributed by atoms with Crippen LogP contribution in [0.2, 0.25) is 0 Å². The molecule has 0 aromatic carbocycles. The minimum Gasteiger partial charge on any atom is -0.313 e. The van der Waals surface area contributed by atoms with E-state index in [9.17, 15) is 4.79 Å². The third kappa shape index (κ3) is 3.99. The van der Waals surface area contributed by atoms with Crippen LogP contribution in [0.3, 0.4) is 0 Å². The maximum Gasteiger partial charge on any atom is 0.255 e. The lowest BCUT2D eigenvalue weighted by Gasteiger charge is -2.30. The fourth-order valence-electron chi connectivity index (χ4n) is 3.12. The molecule has 4 heteroatoms. The number of fused-ring (bicyclic) bond motifs is 1. The van der Waals surface area contributed by atoms with Gasteiger partial charge in [-0.3, -0.25) is 9.69 Å². The van der Waals surface area contributed by atoms with Gasteiger partial charge in [0.1, 0.15) is 0 Å². The lowest BCUT2D eigenvalue weighted by molar-refractivity contribution is 0.260. The van der Waals surface area contributed by atoms with Crippen LogP contribution in [0.15, 0.2) is 10.9 Å². The van der Waals surface area contributed by atoms with Crippen molar-refractivity contribution in [3.63, 3.8) is 0 Å². The number of hydrogen-bond donors (Lipinski definition) is 1. The SMILES string of the molecule is CCNCc1cc2c(n(CCC(C)C)c1=O)CCN(CC)C2. The lowest BCUT2D eigenvalue weighted by atomic mass is 10.0. The average Bonchev–Trinajstić information content (AvgIpc) is 2.51. The van der Waals surface area contributed by atoms with Gasteiger partial charge in [-0.05, 0) is 37.1 Å². The van der Waals surface area contributed by atoms with Crippen LogP contribution in [0, 0.1) is 5.92 Å². The van der Waals surface area contributed by atoms with Crippen molar-refractivity contribution in [3.05, 3.63) is 33.2 Å². The van der Waals surface area contributed by atoms with E-state index in [1.807, 2.05) is 0 Å². The molecule has 1 aromatic rings. The highest BCUT2D eigenvalue weighted by Gasteiger charge is 2.20. The molecule has 0 radical (unpaired) electrons. The van der Waals surface area contributed by atoms with Gasteiger partial charge >= 0.3 is 0 Å². The van der Waals surface area contributed by atoms with Crippen LogP contribution < -0.4 is 10.9 Å². The zero-order valence-corrected chi connectivity index (χ0v) is 14.6. The molecule has 0 aliphatic carbocycles. The summed E-state index contributed by atoms with van der Waals surface area (Å²) in [4.78, 5) is 15.3. The molecule has 2 heterocycles. The zero-order valence-electron chi connectivity index (χ0n) is 14.6. The Hall–Kier alpha value is -1.13. The number of aromatic nitrogens is 1. The van der Waals surface area contributed by atoms with E-state index in [0.29, 0.717) is 12.5 Å².